The summed E-state index contributed by atoms with van der Waals surface area (Å²) in [6.45, 7) is 4.46. The van der Waals surface area contributed by atoms with E-state index in [1.165, 1.54) is 13.2 Å². The average molecular weight is 397 g/mol. The van der Waals surface area contributed by atoms with Gasteiger partial charge in [0.15, 0.2) is 11.5 Å². The number of hydrogen-bond acceptors (Lipinski definition) is 4. The predicted molar refractivity (Wildman–Crippen MR) is 110 cm³/mol. The molecule has 3 aromatic rings. The summed E-state index contributed by atoms with van der Waals surface area (Å²) in [5.41, 5.74) is 1.11. The topological polar surface area (TPSA) is 65.4 Å². The van der Waals surface area contributed by atoms with E-state index < -0.39 is 5.82 Å². The first kappa shape index (κ1) is 20.4. The molecule has 0 bridgehead atoms. The van der Waals surface area contributed by atoms with E-state index in [-0.39, 0.29) is 5.91 Å². The van der Waals surface area contributed by atoms with E-state index in [1.54, 1.807) is 54.2 Å². The van der Waals surface area contributed by atoms with Crippen molar-refractivity contribution in [1.82, 2.24) is 9.55 Å². The second-order valence-electron chi connectivity index (χ2n) is 6.53. The summed E-state index contributed by atoms with van der Waals surface area (Å²) in [7, 11) is 1.52. The van der Waals surface area contributed by atoms with Crippen LogP contribution in [0.3, 0.4) is 0 Å². The number of anilines is 1. The zero-order valence-corrected chi connectivity index (χ0v) is 16.7. The van der Waals surface area contributed by atoms with Gasteiger partial charge in [-0.05, 0) is 49.7 Å². The molecule has 1 aromatic heterocycles. The van der Waals surface area contributed by atoms with Gasteiger partial charge < -0.3 is 19.4 Å². The molecule has 0 radical (unpaired) electrons. The van der Waals surface area contributed by atoms with Gasteiger partial charge in [0.1, 0.15) is 11.6 Å². The van der Waals surface area contributed by atoms with Gasteiger partial charge in [-0.25, -0.2) is 9.37 Å². The maximum absolute atomic E-state index is 14.5. The van der Waals surface area contributed by atoms with Crippen LogP contribution in [0.15, 0.2) is 48.8 Å². The van der Waals surface area contributed by atoms with Crippen LogP contribution in [-0.4, -0.2) is 29.2 Å². The highest BCUT2D eigenvalue weighted by Gasteiger charge is 2.13. The zero-order chi connectivity index (χ0) is 20.8. The van der Waals surface area contributed by atoms with E-state index in [1.807, 2.05) is 0 Å². The lowest BCUT2D eigenvalue weighted by atomic mass is 10.1. The Balaban J connectivity index is 1.74. The number of amides is 1. The Labute approximate surface area is 169 Å². The molecule has 0 unspecified atom stereocenters. The van der Waals surface area contributed by atoms with E-state index in [4.69, 9.17) is 9.47 Å². The number of hydrogen-bond donors (Lipinski definition) is 1. The number of aryl methyl sites for hydroxylation is 1. The smallest absolute Gasteiger partial charge is 0.255 e. The maximum atomic E-state index is 14.5. The first-order valence-corrected chi connectivity index (χ1v) is 9.45. The lowest BCUT2D eigenvalue weighted by Crippen LogP contribution is -2.13. The standard InChI is InChI=1S/C22H24FN3O3/c1-4-5-12-29-20-9-6-16(13-21(20)28-3)22(27)25-17-7-8-19(18(23)14-17)26-11-10-24-15(26)2/h6-11,13-14H,4-5,12H2,1-3H3,(H,25,27). The Bertz CT molecular complexity index is 1000. The summed E-state index contributed by atoms with van der Waals surface area (Å²) < 4.78 is 27.2. The summed E-state index contributed by atoms with van der Waals surface area (Å²) in [5, 5.41) is 2.71. The minimum absolute atomic E-state index is 0.358. The van der Waals surface area contributed by atoms with Gasteiger partial charge in [-0.2, -0.15) is 0 Å². The van der Waals surface area contributed by atoms with E-state index in [0.717, 1.165) is 12.8 Å². The van der Waals surface area contributed by atoms with E-state index in [0.29, 0.717) is 40.9 Å². The lowest BCUT2D eigenvalue weighted by Gasteiger charge is -2.13. The van der Waals surface area contributed by atoms with Crippen molar-refractivity contribution in [1.29, 1.82) is 0 Å². The maximum Gasteiger partial charge on any atom is 0.255 e. The van der Waals surface area contributed by atoms with Crippen molar-refractivity contribution in [3.63, 3.8) is 0 Å². The van der Waals surface area contributed by atoms with E-state index in [2.05, 4.69) is 17.2 Å². The molecule has 0 aliphatic carbocycles. The van der Waals surface area contributed by atoms with Crippen molar-refractivity contribution in [2.45, 2.75) is 26.7 Å². The number of nitrogens with zero attached hydrogens (tertiary/aromatic N) is 2. The molecule has 2 aromatic carbocycles. The molecule has 0 spiro atoms. The molecule has 0 saturated heterocycles. The van der Waals surface area contributed by atoms with Crippen molar-refractivity contribution in [2.24, 2.45) is 0 Å². The van der Waals surface area contributed by atoms with Gasteiger partial charge in [-0.3, -0.25) is 4.79 Å². The lowest BCUT2D eigenvalue weighted by molar-refractivity contribution is 0.102. The molecule has 7 heteroatoms. The number of benzene rings is 2. The third-order valence-corrected chi connectivity index (χ3v) is 4.47. The Morgan fingerprint density at radius 2 is 2.03 bits per heavy atom. The molecule has 1 N–H and O–H groups in total. The molecular formula is C22H24FN3O3. The van der Waals surface area contributed by atoms with Crippen molar-refractivity contribution in [2.75, 3.05) is 19.0 Å². The van der Waals surface area contributed by atoms with Crippen molar-refractivity contribution >= 4 is 11.6 Å². The van der Waals surface area contributed by atoms with Gasteiger partial charge in [0.25, 0.3) is 5.91 Å². The number of halogens is 1. The fraction of sp³-hybridized carbons (Fsp3) is 0.273. The fourth-order valence-corrected chi connectivity index (χ4v) is 2.87. The Kier molecular flexibility index (Phi) is 6.49. The number of imidazole rings is 1. The third kappa shape index (κ3) is 4.74. The van der Waals surface area contributed by atoms with E-state index in [9.17, 15) is 9.18 Å². The van der Waals surface area contributed by atoms with Crippen molar-refractivity contribution < 1.29 is 18.7 Å². The first-order chi connectivity index (χ1) is 14.0. The Morgan fingerprint density at radius 1 is 1.21 bits per heavy atom. The Morgan fingerprint density at radius 3 is 2.69 bits per heavy atom. The molecule has 3 rings (SSSR count). The zero-order valence-electron chi connectivity index (χ0n) is 16.7. The third-order valence-electron chi connectivity index (χ3n) is 4.47. The summed E-state index contributed by atoms with van der Waals surface area (Å²) in [6.07, 6.45) is 5.25. The molecule has 152 valence electrons. The Hall–Kier alpha value is -3.35. The van der Waals surface area contributed by atoms with Gasteiger partial charge in [0.2, 0.25) is 0 Å². The second-order valence-corrected chi connectivity index (χ2v) is 6.53. The van der Waals surface area contributed by atoms with Gasteiger partial charge >= 0.3 is 0 Å². The summed E-state index contributed by atoms with van der Waals surface area (Å²) >= 11 is 0. The molecule has 0 saturated carbocycles. The number of methoxy groups -OCH3 is 1. The van der Waals surface area contributed by atoms with Gasteiger partial charge in [0, 0.05) is 23.6 Å². The highest BCUT2D eigenvalue weighted by molar-refractivity contribution is 6.04. The number of aromatic nitrogens is 2. The van der Waals surface area contributed by atoms with Crippen LogP contribution in [0.2, 0.25) is 0 Å². The van der Waals surface area contributed by atoms with Crippen molar-refractivity contribution in [3.8, 4) is 17.2 Å². The van der Waals surface area contributed by atoms with Crippen LogP contribution in [0.25, 0.3) is 5.69 Å². The van der Waals surface area contributed by atoms with Crippen LogP contribution in [0.4, 0.5) is 10.1 Å². The fourth-order valence-electron chi connectivity index (χ4n) is 2.87. The highest BCUT2D eigenvalue weighted by Crippen LogP contribution is 2.29. The minimum atomic E-state index is -0.457. The van der Waals surface area contributed by atoms with Crippen LogP contribution in [0.5, 0.6) is 11.5 Å². The second kappa shape index (κ2) is 9.23. The molecule has 29 heavy (non-hydrogen) atoms. The van der Waals surface area contributed by atoms with Crippen LogP contribution in [0, 0.1) is 12.7 Å². The van der Waals surface area contributed by atoms with Gasteiger partial charge in [-0.15, -0.1) is 0 Å². The van der Waals surface area contributed by atoms with Gasteiger partial charge in [-0.1, -0.05) is 13.3 Å². The SMILES string of the molecule is CCCCOc1ccc(C(=O)Nc2ccc(-n3ccnc3C)c(F)c2)cc1OC. The quantitative estimate of drug-likeness (QED) is 0.557. The van der Waals surface area contributed by atoms with E-state index >= 15 is 0 Å². The largest absolute Gasteiger partial charge is 0.493 e. The number of rotatable bonds is 8. The average Bonchev–Trinajstić information content (AvgIpc) is 3.14. The predicted octanol–water partition coefficient (Wildman–Crippen LogP) is 4.76. The molecule has 6 nitrogen and oxygen atoms in total. The van der Waals surface area contributed by atoms with Crippen LogP contribution in [0.1, 0.15) is 35.9 Å². The number of carbonyl (C=O) groups excluding carboxylic acids is 1. The molecule has 0 aliphatic heterocycles. The molecule has 0 atom stereocenters. The van der Waals surface area contributed by atoms with Crippen LogP contribution >= 0.6 is 0 Å². The molecular weight excluding hydrogens is 373 g/mol. The number of ether oxygens (including phenoxy) is 2. The molecule has 0 aliphatic rings. The normalized spacial score (nSPS) is 10.6. The van der Waals surface area contributed by atoms with Crippen LogP contribution in [-0.2, 0) is 0 Å². The van der Waals surface area contributed by atoms with Crippen molar-refractivity contribution in [3.05, 3.63) is 66.0 Å². The van der Waals surface area contributed by atoms with Crippen LogP contribution < -0.4 is 14.8 Å². The molecule has 1 heterocycles. The highest BCUT2D eigenvalue weighted by atomic mass is 19.1. The summed E-state index contributed by atoms with van der Waals surface area (Å²) in [6, 6.07) is 9.50. The first-order valence-electron chi connectivity index (χ1n) is 9.45. The number of nitrogens with one attached hydrogen (secondary N) is 1. The summed E-state index contributed by atoms with van der Waals surface area (Å²) in [4.78, 5) is 16.7. The number of carbonyl (C=O) groups is 1. The minimum Gasteiger partial charge on any atom is -0.493 e. The monoisotopic (exact) mass is 397 g/mol. The molecule has 1 amide bonds. The summed E-state index contributed by atoms with van der Waals surface area (Å²) in [5.74, 6) is 0.916. The number of unbranched alkanes of at least 4 members (excludes halogenated alkanes) is 1. The molecule has 0 fully saturated rings. The van der Waals surface area contributed by atoms with Gasteiger partial charge in [0.05, 0.1) is 19.4 Å².